The molecular formula is C13H13NO4. The molecule has 1 heterocycles. The van der Waals surface area contributed by atoms with E-state index in [0.717, 1.165) is 11.8 Å². The van der Waals surface area contributed by atoms with Crippen molar-refractivity contribution in [2.75, 3.05) is 0 Å². The molecular weight excluding hydrogens is 234 g/mol. The van der Waals surface area contributed by atoms with Crippen LogP contribution in [0.25, 0.3) is 0 Å². The van der Waals surface area contributed by atoms with Gasteiger partial charge in [-0.2, -0.15) is 0 Å². The average Bonchev–Trinajstić information content (AvgIpc) is 2.40. The molecule has 0 bridgehead atoms. The van der Waals surface area contributed by atoms with E-state index in [2.05, 4.69) is 0 Å². The molecule has 5 heteroatoms. The van der Waals surface area contributed by atoms with Crippen molar-refractivity contribution in [3.05, 3.63) is 58.1 Å². The highest BCUT2D eigenvalue weighted by Crippen LogP contribution is 2.15. The van der Waals surface area contributed by atoms with E-state index < -0.39 is 11.2 Å². The van der Waals surface area contributed by atoms with Crippen LogP contribution in [0.2, 0.25) is 0 Å². The lowest BCUT2D eigenvalue weighted by Crippen LogP contribution is -2.03. The summed E-state index contributed by atoms with van der Waals surface area (Å²) >= 11 is 0. The van der Waals surface area contributed by atoms with Gasteiger partial charge in [0.1, 0.15) is 24.4 Å². The second-order valence-corrected chi connectivity index (χ2v) is 3.74. The van der Waals surface area contributed by atoms with Crippen LogP contribution in [-0.4, -0.2) is 5.11 Å². The summed E-state index contributed by atoms with van der Waals surface area (Å²) in [5.41, 5.74) is 5.99. The van der Waals surface area contributed by atoms with E-state index in [0.29, 0.717) is 18.1 Å². The molecule has 0 saturated heterocycles. The molecule has 0 aliphatic carbocycles. The summed E-state index contributed by atoms with van der Waals surface area (Å²) in [6.07, 6.45) is 0.997. The van der Waals surface area contributed by atoms with Gasteiger partial charge in [-0.1, -0.05) is 12.1 Å². The lowest BCUT2D eigenvalue weighted by atomic mass is 10.2. The van der Waals surface area contributed by atoms with E-state index in [4.69, 9.17) is 20.0 Å². The maximum atomic E-state index is 11.2. The fourth-order valence-corrected chi connectivity index (χ4v) is 1.44. The van der Waals surface area contributed by atoms with Gasteiger partial charge in [-0.25, -0.2) is 0 Å². The van der Waals surface area contributed by atoms with Gasteiger partial charge in [0.25, 0.3) is 0 Å². The number of aromatic hydroxyl groups is 1. The van der Waals surface area contributed by atoms with Crippen molar-refractivity contribution in [1.29, 1.82) is 0 Å². The number of hydrogen-bond acceptors (Lipinski definition) is 5. The summed E-state index contributed by atoms with van der Waals surface area (Å²) in [6, 6.07) is 8.54. The van der Waals surface area contributed by atoms with Gasteiger partial charge < -0.3 is 20.0 Å². The number of nitrogens with two attached hydrogens (primary N) is 1. The van der Waals surface area contributed by atoms with Crippen molar-refractivity contribution >= 4 is 0 Å². The Hall–Kier alpha value is -2.27. The van der Waals surface area contributed by atoms with E-state index in [1.54, 1.807) is 6.07 Å². The Bertz CT molecular complexity index is 592. The predicted octanol–water partition coefficient (Wildman–Crippen LogP) is 1.38. The third-order valence-corrected chi connectivity index (χ3v) is 2.38. The smallest absolute Gasteiger partial charge is 0.226 e. The van der Waals surface area contributed by atoms with Crippen LogP contribution in [0.5, 0.6) is 11.5 Å². The Labute approximate surface area is 103 Å². The Morgan fingerprint density at radius 3 is 2.89 bits per heavy atom. The molecule has 3 N–H and O–H groups in total. The van der Waals surface area contributed by atoms with Crippen molar-refractivity contribution in [2.24, 2.45) is 5.73 Å². The Balaban J connectivity index is 2.06. The van der Waals surface area contributed by atoms with Gasteiger partial charge in [0.2, 0.25) is 5.43 Å². The fourth-order valence-electron chi connectivity index (χ4n) is 1.44. The number of rotatable bonds is 4. The molecule has 0 atom stereocenters. The molecule has 0 spiro atoms. The van der Waals surface area contributed by atoms with Gasteiger partial charge in [0, 0.05) is 12.6 Å². The molecule has 5 nitrogen and oxygen atoms in total. The summed E-state index contributed by atoms with van der Waals surface area (Å²) in [7, 11) is 0. The van der Waals surface area contributed by atoms with Gasteiger partial charge in [-0.15, -0.1) is 0 Å². The molecule has 0 amide bonds. The zero-order chi connectivity index (χ0) is 13.0. The molecule has 94 valence electrons. The van der Waals surface area contributed by atoms with Crippen molar-refractivity contribution in [1.82, 2.24) is 0 Å². The van der Waals surface area contributed by atoms with Crippen LogP contribution in [0.1, 0.15) is 11.3 Å². The molecule has 0 aliphatic rings. The average molecular weight is 247 g/mol. The molecule has 1 aromatic heterocycles. The molecule has 18 heavy (non-hydrogen) atoms. The molecule has 1 aromatic carbocycles. The standard InChI is InChI=1S/C13H13NO4/c14-6-9-2-1-3-10(4-9)17-7-11-5-12(15)13(16)8-18-11/h1-5,8,16H,6-7,14H2. The van der Waals surface area contributed by atoms with Crippen molar-refractivity contribution < 1.29 is 14.3 Å². The minimum Gasteiger partial charge on any atom is -0.502 e. The van der Waals surface area contributed by atoms with Crippen molar-refractivity contribution in [3.63, 3.8) is 0 Å². The topological polar surface area (TPSA) is 85.7 Å². The lowest BCUT2D eigenvalue weighted by molar-refractivity contribution is 0.263. The van der Waals surface area contributed by atoms with Crippen LogP contribution < -0.4 is 15.9 Å². The quantitative estimate of drug-likeness (QED) is 0.852. The first-order valence-corrected chi connectivity index (χ1v) is 5.41. The van der Waals surface area contributed by atoms with E-state index >= 15 is 0 Å². The number of benzene rings is 1. The Morgan fingerprint density at radius 2 is 2.17 bits per heavy atom. The van der Waals surface area contributed by atoms with Crippen LogP contribution >= 0.6 is 0 Å². The summed E-state index contributed by atoms with van der Waals surface area (Å²) in [4.78, 5) is 11.2. The van der Waals surface area contributed by atoms with E-state index in [9.17, 15) is 4.79 Å². The second-order valence-electron chi connectivity index (χ2n) is 3.74. The summed E-state index contributed by atoms with van der Waals surface area (Å²) < 4.78 is 10.5. The van der Waals surface area contributed by atoms with Crippen LogP contribution in [-0.2, 0) is 13.2 Å². The van der Waals surface area contributed by atoms with Gasteiger partial charge in [-0.05, 0) is 17.7 Å². The predicted molar refractivity (Wildman–Crippen MR) is 65.3 cm³/mol. The summed E-state index contributed by atoms with van der Waals surface area (Å²) in [5.74, 6) is 0.577. The molecule has 0 fully saturated rings. The third kappa shape index (κ3) is 2.89. The van der Waals surface area contributed by atoms with Crippen LogP contribution in [0, 0.1) is 0 Å². The number of hydrogen-bond donors (Lipinski definition) is 2. The van der Waals surface area contributed by atoms with Gasteiger partial charge >= 0.3 is 0 Å². The maximum absolute atomic E-state index is 11.2. The van der Waals surface area contributed by atoms with Crippen molar-refractivity contribution in [2.45, 2.75) is 13.2 Å². The molecule has 0 radical (unpaired) electrons. The highest BCUT2D eigenvalue weighted by atomic mass is 16.5. The first-order valence-electron chi connectivity index (χ1n) is 5.41. The van der Waals surface area contributed by atoms with E-state index in [1.165, 1.54) is 6.07 Å². The Morgan fingerprint density at radius 1 is 1.33 bits per heavy atom. The highest BCUT2D eigenvalue weighted by Gasteiger charge is 2.03. The van der Waals surface area contributed by atoms with E-state index in [-0.39, 0.29) is 6.61 Å². The van der Waals surface area contributed by atoms with Crippen molar-refractivity contribution in [3.8, 4) is 11.5 Å². The SMILES string of the molecule is NCc1cccc(OCc2cc(=O)c(O)co2)c1. The third-order valence-electron chi connectivity index (χ3n) is 2.38. The largest absolute Gasteiger partial charge is 0.502 e. The van der Waals surface area contributed by atoms with Gasteiger partial charge in [-0.3, -0.25) is 4.79 Å². The zero-order valence-electron chi connectivity index (χ0n) is 9.63. The first kappa shape index (κ1) is 12.2. The fraction of sp³-hybridized carbons (Fsp3) is 0.154. The molecule has 0 unspecified atom stereocenters. The van der Waals surface area contributed by atoms with Crippen LogP contribution in [0.15, 0.2) is 45.8 Å². The molecule has 0 saturated carbocycles. The summed E-state index contributed by atoms with van der Waals surface area (Å²) in [6.45, 7) is 0.551. The lowest BCUT2D eigenvalue weighted by Gasteiger charge is -2.06. The minimum atomic E-state index is -0.490. The zero-order valence-corrected chi connectivity index (χ0v) is 9.63. The number of ether oxygens (including phenoxy) is 1. The van der Waals surface area contributed by atoms with Gasteiger partial charge in [0.15, 0.2) is 5.75 Å². The monoisotopic (exact) mass is 247 g/mol. The minimum absolute atomic E-state index is 0.115. The van der Waals surface area contributed by atoms with Crippen LogP contribution in [0.3, 0.4) is 0 Å². The first-order chi connectivity index (χ1) is 8.69. The molecule has 2 rings (SSSR count). The second kappa shape index (κ2) is 5.37. The Kier molecular flexibility index (Phi) is 3.64. The molecule has 0 aliphatic heterocycles. The highest BCUT2D eigenvalue weighted by molar-refractivity contribution is 5.28. The molecule has 2 aromatic rings. The maximum Gasteiger partial charge on any atom is 0.226 e. The normalized spacial score (nSPS) is 10.3. The van der Waals surface area contributed by atoms with E-state index in [1.807, 2.05) is 18.2 Å². The van der Waals surface area contributed by atoms with Gasteiger partial charge in [0.05, 0.1) is 0 Å². The summed E-state index contributed by atoms with van der Waals surface area (Å²) in [5, 5.41) is 9.04. The van der Waals surface area contributed by atoms with Crippen LogP contribution in [0.4, 0.5) is 0 Å².